The van der Waals surface area contributed by atoms with E-state index in [-0.39, 0.29) is 5.60 Å². The maximum absolute atomic E-state index is 10.7. The van der Waals surface area contributed by atoms with Crippen LogP contribution in [0.1, 0.15) is 88.5 Å². The molecule has 120 valence electrons. The number of rotatable bonds is 2. The molecule has 0 saturated heterocycles. The fraction of sp³-hybridized carbons (Fsp3) is 0.600. The summed E-state index contributed by atoms with van der Waals surface area (Å²) >= 11 is 0. The lowest BCUT2D eigenvalue weighted by Crippen LogP contribution is -2.35. The van der Waals surface area contributed by atoms with Crippen molar-refractivity contribution >= 4 is 5.57 Å². The summed E-state index contributed by atoms with van der Waals surface area (Å²) in [5.74, 6) is 1.34. The van der Waals surface area contributed by atoms with Gasteiger partial charge in [-0.3, -0.25) is 0 Å². The summed E-state index contributed by atoms with van der Waals surface area (Å²) in [5, 5.41) is 10.7. The average molecular weight is 300 g/mol. The van der Waals surface area contributed by atoms with Crippen molar-refractivity contribution in [2.24, 2.45) is 0 Å². The molecule has 0 saturated carbocycles. The van der Waals surface area contributed by atoms with E-state index in [9.17, 15) is 5.11 Å². The molecule has 1 aromatic carbocycles. The fourth-order valence-electron chi connectivity index (χ4n) is 3.66. The summed E-state index contributed by atoms with van der Waals surface area (Å²) < 4.78 is 6.22. The van der Waals surface area contributed by atoms with Crippen molar-refractivity contribution in [2.75, 3.05) is 0 Å². The molecule has 22 heavy (non-hydrogen) atoms. The molecule has 1 unspecified atom stereocenters. The molecule has 0 amide bonds. The first-order valence-electron chi connectivity index (χ1n) is 8.62. The van der Waals surface area contributed by atoms with Crippen LogP contribution in [0.25, 0.3) is 5.57 Å². The van der Waals surface area contributed by atoms with Gasteiger partial charge in [0.25, 0.3) is 0 Å². The topological polar surface area (TPSA) is 29.5 Å². The third-order valence-corrected chi connectivity index (χ3v) is 4.87. The molecule has 1 aliphatic heterocycles. The van der Waals surface area contributed by atoms with Crippen molar-refractivity contribution in [1.82, 2.24) is 0 Å². The molecule has 0 aromatic heterocycles. The highest BCUT2D eigenvalue weighted by Gasteiger charge is 2.35. The number of benzene rings is 1. The first kappa shape index (κ1) is 15.6. The van der Waals surface area contributed by atoms with Crippen LogP contribution in [0.15, 0.2) is 18.2 Å². The van der Waals surface area contributed by atoms with Gasteiger partial charge >= 0.3 is 0 Å². The normalized spacial score (nSPS) is 23.7. The average Bonchev–Trinajstić information content (AvgIpc) is 2.45. The van der Waals surface area contributed by atoms with Gasteiger partial charge in [0.05, 0.1) is 6.10 Å². The standard InChI is InChI=1S/C20H28O2/c1-13(2)15-10-16(14-8-6-5-7-9-14)19-17(21)12-20(3,4)22-18(19)11-15/h8,10-11,13,17,21H,5-7,9,12H2,1-4H3. The van der Waals surface area contributed by atoms with E-state index in [1.54, 1.807) is 0 Å². The Morgan fingerprint density at radius 1 is 1.23 bits per heavy atom. The molecule has 1 N–H and O–H groups in total. The highest BCUT2D eigenvalue weighted by molar-refractivity contribution is 5.72. The van der Waals surface area contributed by atoms with Crippen LogP contribution in [0.5, 0.6) is 5.75 Å². The molecule has 0 bridgehead atoms. The van der Waals surface area contributed by atoms with E-state index in [0.29, 0.717) is 12.3 Å². The minimum Gasteiger partial charge on any atom is -0.487 e. The highest BCUT2D eigenvalue weighted by atomic mass is 16.5. The van der Waals surface area contributed by atoms with Crippen molar-refractivity contribution in [3.05, 3.63) is 34.9 Å². The van der Waals surface area contributed by atoms with Crippen LogP contribution in [0.3, 0.4) is 0 Å². The van der Waals surface area contributed by atoms with E-state index in [4.69, 9.17) is 4.74 Å². The molecular weight excluding hydrogens is 272 g/mol. The summed E-state index contributed by atoms with van der Waals surface area (Å²) in [4.78, 5) is 0. The zero-order valence-electron chi connectivity index (χ0n) is 14.3. The van der Waals surface area contributed by atoms with E-state index in [1.807, 2.05) is 0 Å². The number of hydrogen-bond acceptors (Lipinski definition) is 2. The van der Waals surface area contributed by atoms with Crippen LogP contribution in [-0.4, -0.2) is 10.7 Å². The van der Waals surface area contributed by atoms with Gasteiger partial charge in [-0.15, -0.1) is 0 Å². The maximum atomic E-state index is 10.7. The first-order chi connectivity index (χ1) is 10.4. The van der Waals surface area contributed by atoms with Crippen LogP contribution in [0.4, 0.5) is 0 Å². The van der Waals surface area contributed by atoms with Gasteiger partial charge in [0, 0.05) is 12.0 Å². The lowest BCUT2D eigenvalue weighted by Gasteiger charge is -2.37. The SMILES string of the molecule is CC(C)c1cc2c(c(C3=CCCCC3)c1)C(O)CC(C)(C)O2. The van der Waals surface area contributed by atoms with Crippen molar-refractivity contribution in [1.29, 1.82) is 0 Å². The van der Waals surface area contributed by atoms with Gasteiger partial charge in [0.15, 0.2) is 0 Å². The lowest BCUT2D eigenvalue weighted by molar-refractivity contribution is 0.0112. The van der Waals surface area contributed by atoms with E-state index in [1.165, 1.54) is 29.5 Å². The van der Waals surface area contributed by atoms with Crippen LogP contribution in [-0.2, 0) is 0 Å². The van der Waals surface area contributed by atoms with Gasteiger partial charge < -0.3 is 9.84 Å². The highest BCUT2D eigenvalue weighted by Crippen LogP contribution is 2.46. The third-order valence-electron chi connectivity index (χ3n) is 4.87. The summed E-state index contributed by atoms with van der Waals surface area (Å²) in [6.45, 7) is 8.54. The van der Waals surface area contributed by atoms with Crippen molar-refractivity contribution in [3.8, 4) is 5.75 Å². The zero-order valence-corrected chi connectivity index (χ0v) is 14.3. The zero-order chi connectivity index (χ0) is 15.9. The molecule has 2 heteroatoms. The molecular formula is C20H28O2. The lowest BCUT2D eigenvalue weighted by atomic mass is 9.82. The Kier molecular flexibility index (Phi) is 4.07. The Hall–Kier alpha value is -1.28. The van der Waals surface area contributed by atoms with Crippen LogP contribution >= 0.6 is 0 Å². The molecule has 1 aliphatic carbocycles. The summed E-state index contributed by atoms with van der Waals surface area (Å²) in [6, 6.07) is 4.42. The maximum Gasteiger partial charge on any atom is 0.126 e. The first-order valence-corrected chi connectivity index (χ1v) is 8.62. The van der Waals surface area contributed by atoms with Gasteiger partial charge in [-0.1, -0.05) is 26.0 Å². The summed E-state index contributed by atoms with van der Waals surface area (Å²) in [6.07, 6.45) is 7.37. The number of fused-ring (bicyclic) bond motifs is 1. The van der Waals surface area contributed by atoms with E-state index in [2.05, 4.69) is 45.9 Å². The largest absolute Gasteiger partial charge is 0.487 e. The minimum atomic E-state index is -0.433. The monoisotopic (exact) mass is 300 g/mol. The molecule has 0 fully saturated rings. The molecule has 1 aromatic rings. The Balaban J connectivity index is 2.16. The summed E-state index contributed by atoms with van der Waals surface area (Å²) in [5.41, 5.74) is 4.62. The molecule has 1 heterocycles. The Morgan fingerprint density at radius 3 is 2.64 bits per heavy atom. The number of ether oxygens (including phenoxy) is 1. The van der Waals surface area contributed by atoms with Crippen molar-refractivity contribution in [2.45, 2.75) is 77.4 Å². The second-order valence-corrected chi connectivity index (χ2v) is 7.69. The third kappa shape index (κ3) is 2.94. The van der Waals surface area contributed by atoms with Gasteiger partial charge in [0.2, 0.25) is 0 Å². The Bertz CT molecular complexity index is 596. The second kappa shape index (κ2) is 5.73. The molecule has 0 spiro atoms. The molecule has 2 aliphatic rings. The van der Waals surface area contributed by atoms with Crippen LogP contribution < -0.4 is 4.74 Å². The molecule has 2 nitrogen and oxygen atoms in total. The number of hydrogen-bond donors (Lipinski definition) is 1. The van der Waals surface area contributed by atoms with Crippen molar-refractivity contribution in [3.63, 3.8) is 0 Å². The number of allylic oxidation sites excluding steroid dienone is 2. The van der Waals surface area contributed by atoms with Crippen LogP contribution in [0.2, 0.25) is 0 Å². The molecule has 1 atom stereocenters. The van der Waals surface area contributed by atoms with Gasteiger partial charge in [0.1, 0.15) is 11.4 Å². The fourth-order valence-corrected chi connectivity index (χ4v) is 3.66. The van der Waals surface area contributed by atoms with E-state index in [0.717, 1.165) is 24.2 Å². The van der Waals surface area contributed by atoms with Gasteiger partial charge in [-0.2, -0.15) is 0 Å². The quantitative estimate of drug-likeness (QED) is 0.796. The molecule has 0 radical (unpaired) electrons. The number of aliphatic hydroxyl groups excluding tert-OH is 1. The van der Waals surface area contributed by atoms with Gasteiger partial charge in [-0.25, -0.2) is 0 Å². The van der Waals surface area contributed by atoms with E-state index >= 15 is 0 Å². The predicted octanol–water partition coefficient (Wildman–Crippen LogP) is 5.36. The predicted molar refractivity (Wildman–Crippen MR) is 91.3 cm³/mol. The minimum absolute atomic E-state index is 0.305. The van der Waals surface area contributed by atoms with Crippen molar-refractivity contribution < 1.29 is 9.84 Å². The van der Waals surface area contributed by atoms with Gasteiger partial charge in [-0.05, 0) is 68.2 Å². The number of aliphatic hydroxyl groups is 1. The smallest absolute Gasteiger partial charge is 0.126 e. The van der Waals surface area contributed by atoms with Crippen LogP contribution in [0, 0.1) is 0 Å². The Morgan fingerprint density at radius 2 is 2.00 bits per heavy atom. The molecule has 3 rings (SSSR count). The Labute approximate surface area is 134 Å². The second-order valence-electron chi connectivity index (χ2n) is 7.69. The summed E-state index contributed by atoms with van der Waals surface area (Å²) in [7, 11) is 0. The van der Waals surface area contributed by atoms with E-state index < -0.39 is 6.10 Å².